The quantitative estimate of drug-likeness (QED) is 0.732. The summed E-state index contributed by atoms with van der Waals surface area (Å²) in [5, 5.41) is 0. The van der Waals surface area contributed by atoms with E-state index >= 15 is 0 Å². The topological polar surface area (TPSA) is 40.6 Å². The molecule has 92 valence electrons. The van der Waals surface area contributed by atoms with E-state index in [9.17, 15) is 8.42 Å². The summed E-state index contributed by atoms with van der Waals surface area (Å²) in [5.41, 5.74) is 0. The standard InChI is InChI=1S/C11H20N2O2S/c14-16(15,12-7-3-8-12)13-9-2-5-10-4-1-6-11(10)13/h10-11H,1-9H2. The van der Waals surface area contributed by atoms with Gasteiger partial charge >= 0.3 is 0 Å². The molecule has 2 aliphatic heterocycles. The second-order valence-electron chi connectivity index (χ2n) is 5.27. The van der Waals surface area contributed by atoms with Gasteiger partial charge in [-0.25, -0.2) is 0 Å². The molecule has 0 aromatic carbocycles. The maximum atomic E-state index is 12.4. The van der Waals surface area contributed by atoms with E-state index in [0.717, 1.165) is 38.9 Å². The van der Waals surface area contributed by atoms with Crippen molar-refractivity contribution in [3.63, 3.8) is 0 Å². The van der Waals surface area contributed by atoms with Gasteiger partial charge < -0.3 is 0 Å². The highest BCUT2D eigenvalue weighted by Crippen LogP contribution is 2.39. The van der Waals surface area contributed by atoms with Crippen LogP contribution >= 0.6 is 0 Å². The molecule has 16 heavy (non-hydrogen) atoms. The lowest BCUT2D eigenvalue weighted by atomic mass is 9.94. The maximum Gasteiger partial charge on any atom is 0.282 e. The van der Waals surface area contributed by atoms with Crippen molar-refractivity contribution in [2.45, 2.75) is 44.6 Å². The first-order chi connectivity index (χ1) is 7.69. The fourth-order valence-corrected chi connectivity index (χ4v) is 5.36. The molecule has 2 heterocycles. The summed E-state index contributed by atoms with van der Waals surface area (Å²) in [5.74, 6) is 0.643. The number of nitrogens with zero attached hydrogens (tertiary/aromatic N) is 2. The average Bonchev–Trinajstić information content (AvgIpc) is 2.60. The van der Waals surface area contributed by atoms with Crippen molar-refractivity contribution in [2.24, 2.45) is 5.92 Å². The third kappa shape index (κ3) is 1.60. The van der Waals surface area contributed by atoms with Crippen LogP contribution in [0, 0.1) is 5.92 Å². The predicted octanol–water partition coefficient (Wildman–Crippen LogP) is 1.20. The van der Waals surface area contributed by atoms with Crippen molar-refractivity contribution in [1.82, 2.24) is 8.61 Å². The third-order valence-electron chi connectivity index (χ3n) is 4.38. The minimum Gasteiger partial charge on any atom is -0.195 e. The highest BCUT2D eigenvalue weighted by Gasteiger charge is 2.43. The summed E-state index contributed by atoms with van der Waals surface area (Å²) in [6.07, 6.45) is 6.84. The van der Waals surface area contributed by atoms with Crippen LogP contribution in [0.25, 0.3) is 0 Å². The smallest absolute Gasteiger partial charge is 0.195 e. The number of hydrogen-bond acceptors (Lipinski definition) is 2. The van der Waals surface area contributed by atoms with E-state index in [4.69, 9.17) is 0 Å². The SMILES string of the molecule is O=S(=O)(N1CCC1)N1CCCC2CCCC21. The lowest BCUT2D eigenvalue weighted by molar-refractivity contribution is 0.177. The number of rotatable bonds is 2. The van der Waals surface area contributed by atoms with Gasteiger partial charge in [-0.15, -0.1) is 0 Å². The summed E-state index contributed by atoms with van der Waals surface area (Å²) < 4.78 is 28.2. The summed E-state index contributed by atoms with van der Waals surface area (Å²) >= 11 is 0. The van der Waals surface area contributed by atoms with Crippen molar-refractivity contribution in [2.75, 3.05) is 19.6 Å². The van der Waals surface area contributed by atoms with Gasteiger partial charge in [-0.05, 0) is 38.0 Å². The summed E-state index contributed by atoms with van der Waals surface area (Å²) in [6, 6.07) is 0.319. The summed E-state index contributed by atoms with van der Waals surface area (Å²) in [4.78, 5) is 0. The molecule has 5 heteroatoms. The van der Waals surface area contributed by atoms with Gasteiger partial charge in [0, 0.05) is 25.7 Å². The van der Waals surface area contributed by atoms with E-state index in [1.807, 2.05) is 4.31 Å². The zero-order valence-electron chi connectivity index (χ0n) is 9.64. The van der Waals surface area contributed by atoms with Gasteiger partial charge in [0.25, 0.3) is 10.2 Å². The Labute approximate surface area is 97.8 Å². The fourth-order valence-electron chi connectivity index (χ4n) is 3.36. The minimum absolute atomic E-state index is 0.319. The van der Waals surface area contributed by atoms with Crippen LogP contribution < -0.4 is 0 Å². The van der Waals surface area contributed by atoms with Crippen LogP contribution in [-0.2, 0) is 10.2 Å². The summed E-state index contributed by atoms with van der Waals surface area (Å²) in [7, 11) is -3.11. The van der Waals surface area contributed by atoms with Gasteiger partial charge in [-0.1, -0.05) is 6.42 Å². The van der Waals surface area contributed by atoms with Crippen molar-refractivity contribution >= 4 is 10.2 Å². The van der Waals surface area contributed by atoms with Gasteiger partial charge in [0.1, 0.15) is 0 Å². The molecule has 0 radical (unpaired) electrons. The van der Waals surface area contributed by atoms with Crippen LogP contribution in [-0.4, -0.2) is 42.7 Å². The van der Waals surface area contributed by atoms with E-state index in [1.165, 1.54) is 19.3 Å². The van der Waals surface area contributed by atoms with Gasteiger partial charge in [-0.2, -0.15) is 17.0 Å². The van der Waals surface area contributed by atoms with Gasteiger partial charge in [0.15, 0.2) is 0 Å². The van der Waals surface area contributed by atoms with Crippen LogP contribution in [0.5, 0.6) is 0 Å². The molecule has 0 N–H and O–H groups in total. The lowest BCUT2D eigenvalue weighted by Gasteiger charge is -2.41. The van der Waals surface area contributed by atoms with Crippen LogP contribution in [0.15, 0.2) is 0 Å². The molecule has 3 fully saturated rings. The van der Waals surface area contributed by atoms with E-state index in [0.29, 0.717) is 12.0 Å². The van der Waals surface area contributed by atoms with Crippen LogP contribution in [0.1, 0.15) is 38.5 Å². The molecule has 1 saturated carbocycles. The van der Waals surface area contributed by atoms with Crippen molar-refractivity contribution in [3.05, 3.63) is 0 Å². The zero-order chi connectivity index (χ0) is 11.2. The molecule has 4 nitrogen and oxygen atoms in total. The predicted molar refractivity (Wildman–Crippen MR) is 62.2 cm³/mol. The molecule has 0 spiro atoms. The Morgan fingerprint density at radius 3 is 2.31 bits per heavy atom. The van der Waals surface area contributed by atoms with Crippen LogP contribution in [0.4, 0.5) is 0 Å². The Kier molecular flexibility index (Phi) is 2.72. The van der Waals surface area contributed by atoms with Crippen molar-refractivity contribution in [3.8, 4) is 0 Å². The molecule has 0 amide bonds. The molecule has 2 atom stereocenters. The first-order valence-electron chi connectivity index (χ1n) is 6.46. The molecule has 0 bridgehead atoms. The van der Waals surface area contributed by atoms with E-state index in [-0.39, 0.29) is 0 Å². The van der Waals surface area contributed by atoms with Crippen molar-refractivity contribution < 1.29 is 8.42 Å². The average molecular weight is 244 g/mol. The molecular formula is C11H20N2O2S. The molecule has 3 aliphatic rings. The minimum atomic E-state index is -3.11. The molecule has 0 aromatic heterocycles. The van der Waals surface area contributed by atoms with Gasteiger partial charge in [0.2, 0.25) is 0 Å². The Balaban J connectivity index is 1.82. The van der Waals surface area contributed by atoms with Crippen molar-refractivity contribution in [1.29, 1.82) is 0 Å². The largest absolute Gasteiger partial charge is 0.282 e. The highest BCUT2D eigenvalue weighted by molar-refractivity contribution is 7.86. The molecule has 2 saturated heterocycles. The molecule has 0 aromatic rings. The van der Waals surface area contributed by atoms with Crippen LogP contribution in [0.3, 0.4) is 0 Å². The first kappa shape index (κ1) is 11.0. The molecule has 1 aliphatic carbocycles. The van der Waals surface area contributed by atoms with E-state index in [1.54, 1.807) is 4.31 Å². The Morgan fingerprint density at radius 2 is 1.62 bits per heavy atom. The molecular weight excluding hydrogens is 224 g/mol. The zero-order valence-corrected chi connectivity index (χ0v) is 10.5. The number of piperidine rings is 1. The molecule has 2 unspecified atom stereocenters. The lowest BCUT2D eigenvalue weighted by Crippen LogP contribution is -2.55. The monoisotopic (exact) mass is 244 g/mol. The fraction of sp³-hybridized carbons (Fsp3) is 1.00. The Bertz CT molecular complexity index is 364. The number of fused-ring (bicyclic) bond motifs is 1. The van der Waals surface area contributed by atoms with Gasteiger partial charge in [0.05, 0.1) is 0 Å². The Morgan fingerprint density at radius 1 is 0.875 bits per heavy atom. The highest BCUT2D eigenvalue weighted by atomic mass is 32.2. The van der Waals surface area contributed by atoms with Gasteiger partial charge in [-0.3, -0.25) is 0 Å². The number of hydrogen-bond donors (Lipinski definition) is 0. The molecule has 3 rings (SSSR count). The second kappa shape index (κ2) is 3.96. The normalized spacial score (nSPS) is 37.0. The maximum absolute atomic E-state index is 12.4. The Hall–Kier alpha value is -0.130. The first-order valence-corrected chi connectivity index (χ1v) is 7.86. The van der Waals surface area contributed by atoms with E-state index < -0.39 is 10.2 Å². The summed E-state index contributed by atoms with van der Waals surface area (Å²) in [6.45, 7) is 2.21. The van der Waals surface area contributed by atoms with Crippen LogP contribution in [0.2, 0.25) is 0 Å². The second-order valence-corrected chi connectivity index (χ2v) is 7.15. The van der Waals surface area contributed by atoms with E-state index in [2.05, 4.69) is 0 Å². The third-order valence-corrected chi connectivity index (χ3v) is 6.44.